The highest BCUT2D eigenvalue weighted by atomic mass is 79.9. The van der Waals surface area contributed by atoms with Crippen molar-refractivity contribution in [3.8, 4) is 5.75 Å². The van der Waals surface area contributed by atoms with Crippen molar-refractivity contribution in [2.75, 3.05) is 0 Å². The first-order chi connectivity index (χ1) is 8.10. The van der Waals surface area contributed by atoms with Gasteiger partial charge in [-0.3, -0.25) is 0 Å². The molecule has 1 aliphatic heterocycles. The van der Waals surface area contributed by atoms with Crippen molar-refractivity contribution in [2.24, 2.45) is 5.92 Å². The lowest BCUT2D eigenvalue weighted by Crippen LogP contribution is -2.47. The van der Waals surface area contributed by atoms with Gasteiger partial charge in [-0.25, -0.2) is 0 Å². The van der Waals surface area contributed by atoms with Gasteiger partial charge in [0.15, 0.2) is 0 Å². The molecule has 0 amide bonds. The van der Waals surface area contributed by atoms with Gasteiger partial charge in [-0.15, -0.1) is 0 Å². The molecule has 3 rings (SSSR count). The van der Waals surface area contributed by atoms with E-state index in [4.69, 9.17) is 4.74 Å². The van der Waals surface area contributed by atoms with E-state index in [1.165, 1.54) is 31.2 Å². The molecule has 1 aromatic rings. The van der Waals surface area contributed by atoms with Crippen LogP contribution in [-0.4, -0.2) is 5.60 Å². The first-order valence-corrected chi connectivity index (χ1v) is 7.37. The van der Waals surface area contributed by atoms with E-state index in [0.717, 1.165) is 10.2 Å². The van der Waals surface area contributed by atoms with Gasteiger partial charge in [0.25, 0.3) is 0 Å². The average molecular weight is 295 g/mol. The minimum Gasteiger partial charge on any atom is -0.487 e. The highest BCUT2D eigenvalue weighted by Gasteiger charge is 2.46. The van der Waals surface area contributed by atoms with Crippen molar-refractivity contribution in [1.29, 1.82) is 0 Å². The van der Waals surface area contributed by atoms with Crippen LogP contribution in [0, 0.1) is 5.92 Å². The molecule has 2 heteroatoms. The van der Waals surface area contributed by atoms with Crippen molar-refractivity contribution >= 4 is 15.9 Å². The van der Waals surface area contributed by atoms with Gasteiger partial charge in [-0.1, -0.05) is 29.8 Å². The largest absolute Gasteiger partial charge is 0.487 e. The Bertz CT molecular complexity index is 435. The van der Waals surface area contributed by atoms with Gasteiger partial charge >= 0.3 is 0 Å². The summed E-state index contributed by atoms with van der Waals surface area (Å²) in [4.78, 5) is 0. The van der Waals surface area contributed by atoms with Crippen LogP contribution < -0.4 is 4.74 Å². The fraction of sp³-hybridized carbons (Fsp3) is 0.600. The van der Waals surface area contributed by atoms with Crippen LogP contribution in [0.5, 0.6) is 5.75 Å². The predicted molar refractivity (Wildman–Crippen MR) is 73.5 cm³/mol. The summed E-state index contributed by atoms with van der Waals surface area (Å²) in [6.07, 6.45) is 5.02. The molecular weight excluding hydrogens is 276 g/mol. The summed E-state index contributed by atoms with van der Waals surface area (Å²) in [6.45, 7) is 4.65. The van der Waals surface area contributed by atoms with Crippen LogP contribution in [0.1, 0.15) is 51.0 Å². The zero-order chi connectivity index (χ0) is 12.0. The molecule has 0 bridgehead atoms. The van der Waals surface area contributed by atoms with E-state index in [1.807, 2.05) is 0 Å². The van der Waals surface area contributed by atoms with E-state index < -0.39 is 0 Å². The smallest absolute Gasteiger partial charge is 0.123 e. The highest BCUT2D eigenvalue weighted by Crippen LogP contribution is 2.52. The van der Waals surface area contributed by atoms with E-state index in [9.17, 15) is 0 Å². The fourth-order valence-corrected chi connectivity index (χ4v) is 3.54. The number of halogens is 1. The van der Waals surface area contributed by atoms with E-state index in [-0.39, 0.29) is 5.60 Å². The first-order valence-electron chi connectivity index (χ1n) is 6.58. The predicted octanol–water partition coefficient (Wildman–Crippen LogP) is 4.89. The molecule has 0 radical (unpaired) electrons. The maximum absolute atomic E-state index is 6.27. The summed E-state index contributed by atoms with van der Waals surface area (Å²) in [5, 5.41) is 0. The molecule has 1 heterocycles. The third-order valence-corrected chi connectivity index (χ3v) is 4.85. The molecule has 92 valence electrons. The maximum Gasteiger partial charge on any atom is 0.123 e. The molecule has 0 saturated heterocycles. The third kappa shape index (κ3) is 1.91. The third-order valence-electron chi connectivity index (χ3n) is 4.36. The zero-order valence-electron chi connectivity index (χ0n) is 10.5. The van der Waals surface area contributed by atoms with Gasteiger partial charge in [-0.2, -0.15) is 0 Å². The van der Waals surface area contributed by atoms with Crippen LogP contribution >= 0.6 is 15.9 Å². The fourth-order valence-electron chi connectivity index (χ4n) is 3.16. The van der Waals surface area contributed by atoms with Gasteiger partial charge in [0, 0.05) is 4.47 Å². The number of benzene rings is 1. The molecule has 1 unspecified atom stereocenters. The molecule has 1 aliphatic carbocycles. The number of hydrogen-bond acceptors (Lipinski definition) is 1. The Kier molecular flexibility index (Phi) is 2.73. The zero-order valence-corrected chi connectivity index (χ0v) is 12.1. The summed E-state index contributed by atoms with van der Waals surface area (Å²) in [5.74, 6) is 2.46. The Balaban J connectivity index is 2.02. The quantitative estimate of drug-likeness (QED) is 0.716. The van der Waals surface area contributed by atoms with Gasteiger partial charge in [-0.05, 0) is 61.3 Å². The van der Waals surface area contributed by atoms with Gasteiger partial charge in [0.05, 0.1) is 0 Å². The van der Waals surface area contributed by atoms with Crippen LogP contribution in [0.25, 0.3) is 0 Å². The van der Waals surface area contributed by atoms with Gasteiger partial charge in [0.2, 0.25) is 0 Å². The second-order valence-corrected chi connectivity index (χ2v) is 6.79. The van der Waals surface area contributed by atoms with E-state index in [2.05, 4.69) is 48.0 Å². The summed E-state index contributed by atoms with van der Waals surface area (Å²) in [6, 6.07) is 6.47. The van der Waals surface area contributed by atoms with Crippen LogP contribution in [-0.2, 0) is 0 Å². The van der Waals surface area contributed by atoms with E-state index in [1.54, 1.807) is 0 Å². The maximum atomic E-state index is 6.27. The van der Waals surface area contributed by atoms with Crippen LogP contribution in [0.2, 0.25) is 0 Å². The SMILES string of the molecule is CC(C)C1CC2(CCC2)Oc2ccc(Br)cc21. The first kappa shape index (κ1) is 11.6. The normalized spacial score (nSPS) is 25.3. The lowest BCUT2D eigenvalue weighted by atomic mass is 9.68. The Morgan fingerprint density at radius 1 is 1.35 bits per heavy atom. The molecule has 1 aromatic carbocycles. The Hall–Kier alpha value is -0.500. The standard InChI is InChI=1S/C15H19BrO/c1-10(2)13-9-15(6-3-7-15)17-14-5-4-11(16)8-12(13)14/h4-5,8,10,13H,3,6-7,9H2,1-2H3. The Labute approximate surface area is 112 Å². The lowest BCUT2D eigenvalue weighted by Gasteiger charge is -2.49. The highest BCUT2D eigenvalue weighted by molar-refractivity contribution is 9.10. The summed E-state index contributed by atoms with van der Waals surface area (Å²) >= 11 is 3.57. The minimum absolute atomic E-state index is 0.176. The Morgan fingerprint density at radius 2 is 2.12 bits per heavy atom. The molecule has 1 nitrogen and oxygen atoms in total. The van der Waals surface area contributed by atoms with Gasteiger partial charge < -0.3 is 4.74 Å². The van der Waals surface area contributed by atoms with Crippen molar-refractivity contribution in [2.45, 2.75) is 51.0 Å². The number of hydrogen-bond donors (Lipinski definition) is 0. The van der Waals surface area contributed by atoms with Crippen molar-refractivity contribution in [3.05, 3.63) is 28.2 Å². The van der Waals surface area contributed by atoms with Crippen LogP contribution in [0.3, 0.4) is 0 Å². The van der Waals surface area contributed by atoms with Crippen molar-refractivity contribution in [3.63, 3.8) is 0 Å². The van der Waals surface area contributed by atoms with Gasteiger partial charge in [0.1, 0.15) is 11.4 Å². The summed E-state index contributed by atoms with van der Waals surface area (Å²) in [7, 11) is 0. The molecule has 1 saturated carbocycles. The molecule has 1 atom stereocenters. The monoisotopic (exact) mass is 294 g/mol. The van der Waals surface area contributed by atoms with Crippen LogP contribution in [0.15, 0.2) is 22.7 Å². The summed E-state index contributed by atoms with van der Waals surface area (Å²) in [5.41, 5.74) is 1.57. The second kappa shape index (κ2) is 4.01. The van der Waals surface area contributed by atoms with E-state index in [0.29, 0.717) is 11.8 Å². The second-order valence-electron chi connectivity index (χ2n) is 5.88. The van der Waals surface area contributed by atoms with Crippen molar-refractivity contribution < 1.29 is 4.74 Å². The average Bonchev–Trinajstić information content (AvgIpc) is 2.25. The van der Waals surface area contributed by atoms with E-state index >= 15 is 0 Å². The molecule has 0 N–H and O–H groups in total. The lowest BCUT2D eigenvalue weighted by molar-refractivity contribution is -0.0380. The Morgan fingerprint density at radius 3 is 2.71 bits per heavy atom. The molecule has 0 aromatic heterocycles. The number of fused-ring (bicyclic) bond motifs is 1. The minimum atomic E-state index is 0.176. The molecule has 17 heavy (non-hydrogen) atoms. The molecular formula is C15H19BrO. The molecule has 1 fully saturated rings. The number of ether oxygens (including phenoxy) is 1. The van der Waals surface area contributed by atoms with Crippen LogP contribution in [0.4, 0.5) is 0 Å². The number of rotatable bonds is 1. The molecule has 2 aliphatic rings. The van der Waals surface area contributed by atoms with Crippen molar-refractivity contribution in [1.82, 2.24) is 0 Å². The molecule has 1 spiro atoms. The topological polar surface area (TPSA) is 9.23 Å². The summed E-state index contributed by atoms with van der Waals surface area (Å²) < 4.78 is 7.43.